The van der Waals surface area contributed by atoms with Crippen molar-refractivity contribution in [3.63, 3.8) is 0 Å². The van der Waals surface area contributed by atoms with Gasteiger partial charge in [-0.2, -0.15) is 11.8 Å². The van der Waals surface area contributed by atoms with E-state index in [9.17, 15) is 5.11 Å². The third kappa shape index (κ3) is 4.17. The lowest BCUT2D eigenvalue weighted by molar-refractivity contribution is 0.0339. The van der Waals surface area contributed by atoms with Crippen molar-refractivity contribution >= 4 is 11.8 Å². The molecule has 0 bridgehead atoms. The Balaban J connectivity index is 2.15. The van der Waals surface area contributed by atoms with Crippen molar-refractivity contribution in [3.05, 3.63) is 0 Å². The second-order valence-corrected chi connectivity index (χ2v) is 5.19. The average Bonchev–Trinajstić information content (AvgIpc) is 2.18. The quantitative estimate of drug-likeness (QED) is 0.631. The van der Waals surface area contributed by atoms with Gasteiger partial charge in [0.05, 0.1) is 5.60 Å². The number of nitrogens with one attached hydrogen (secondary N) is 1. The van der Waals surface area contributed by atoms with Crippen LogP contribution in [0.1, 0.15) is 26.2 Å². The summed E-state index contributed by atoms with van der Waals surface area (Å²) in [5.41, 5.74) is 5.38. The minimum atomic E-state index is -0.441. The Kier molecular flexibility index (Phi) is 5.23. The van der Waals surface area contributed by atoms with Gasteiger partial charge in [-0.25, -0.2) is 0 Å². The fraction of sp³-hybridized carbons (Fsp3) is 1.00. The zero-order valence-electron chi connectivity index (χ0n) is 8.96. The predicted molar refractivity (Wildman–Crippen MR) is 62.6 cm³/mol. The summed E-state index contributed by atoms with van der Waals surface area (Å²) < 4.78 is 0. The molecule has 0 radical (unpaired) electrons. The molecule has 0 saturated carbocycles. The molecule has 4 N–H and O–H groups in total. The van der Waals surface area contributed by atoms with E-state index < -0.39 is 5.60 Å². The van der Waals surface area contributed by atoms with Gasteiger partial charge >= 0.3 is 0 Å². The van der Waals surface area contributed by atoms with E-state index in [1.807, 2.05) is 0 Å². The molecule has 3 nitrogen and oxygen atoms in total. The van der Waals surface area contributed by atoms with Crippen LogP contribution in [0.4, 0.5) is 0 Å². The van der Waals surface area contributed by atoms with Crippen molar-refractivity contribution in [1.82, 2.24) is 5.32 Å². The molecular weight excluding hydrogens is 196 g/mol. The van der Waals surface area contributed by atoms with E-state index in [1.165, 1.54) is 0 Å². The highest BCUT2D eigenvalue weighted by atomic mass is 32.2. The van der Waals surface area contributed by atoms with Crippen LogP contribution in [-0.2, 0) is 0 Å². The van der Waals surface area contributed by atoms with Gasteiger partial charge < -0.3 is 16.2 Å². The minimum absolute atomic E-state index is 0.283. The van der Waals surface area contributed by atoms with Crippen molar-refractivity contribution in [2.45, 2.75) is 37.8 Å². The largest absolute Gasteiger partial charge is 0.389 e. The summed E-state index contributed by atoms with van der Waals surface area (Å²) in [5.74, 6) is 1.80. The van der Waals surface area contributed by atoms with Gasteiger partial charge in [-0.15, -0.1) is 0 Å². The van der Waals surface area contributed by atoms with Crippen LogP contribution in [0.25, 0.3) is 0 Å². The standard InChI is InChI=1S/C10H22N2OS/c1-2-9(11)7-14-8-10(13)3-5-12-6-4-10/h9,12-13H,2-8,11H2,1H3. The molecule has 0 aromatic rings. The maximum atomic E-state index is 10.2. The topological polar surface area (TPSA) is 58.3 Å². The summed E-state index contributed by atoms with van der Waals surface area (Å²) in [6.07, 6.45) is 2.77. The summed E-state index contributed by atoms with van der Waals surface area (Å²) in [6, 6.07) is 0.283. The van der Waals surface area contributed by atoms with E-state index in [0.717, 1.165) is 43.9 Å². The smallest absolute Gasteiger partial charge is 0.0761 e. The molecule has 4 heteroatoms. The van der Waals surface area contributed by atoms with Crippen molar-refractivity contribution in [3.8, 4) is 0 Å². The van der Waals surface area contributed by atoms with Gasteiger partial charge in [0.15, 0.2) is 0 Å². The number of hydrogen-bond acceptors (Lipinski definition) is 4. The molecule has 0 aromatic heterocycles. The molecule has 14 heavy (non-hydrogen) atoms. The molecule has 0 spiro atoms. The second-order valence-electron chi connectivity index (χ2n) is 4.16. The third-order valence-corrected chi connectivity index (χ3v) is 4.17. The predicted octanol–water partition coefficient (Wildman–Crippen LogP) is 0.571. The molecule has 1 saturated heterocycles. The van der Waals surface area contributed by atoms with Gasteiger partial charge in [0.2, 0.25) is 0 Å². The molecule has 0 amide bonds. The fourth-order valence-corrected chi connectivity index (χ4v) is 2.88. The first-order valence-corrected chi connectivity index (χ1v) is 6.58. The lowest BCUT2D eigenvalue weighted by Crippen LogP contribution is -2.44. The van der Waals surface area contributed by atoms with Crippen LogP contribution in [0.2, 0.25) is 0 Å². The van der Waals surface area contributed by atoms with Gasteiger partial charge in [0.25, 0.3) is 0 Å². The molecule has 1 atom stereocenters. The molecule has 1 fully saturated rings. The zero-order chi connectivity index (χ0) is 10.4. The van der Waals surface area contributed by atoms with Gasteiger partial charge in [-0.05, 0) is 32.4 Å². The molecule has 1 rings (SSSR count). The van der Waals surface area contributed by atoms with E-state index in [4.69, 9.17) is 5.73 Å². The summed E-state index contributed by atoms with van der Waals surface area (Å²) >= 11 is 1.79. The highest BCUT2D eigenvalue weighted by molar-refractivity contribution is 7.99. The van der Waals surface area contributed by atoms with E-state index in [1.54, 1.807) is 11.8 Å². The lowest BCUT2D eigenvalue weighted by Gasteiger charge is -2.32. The van der Waals surface area contributed by atoms with Crippen LogP contribution >= 0.6 is 11.8 Å². The normalized spacial score (nSPS) is 23.4. The van der Waals surface area contributed by atoms with E-state index in [2.05, 4.69) is 12.2 Å². The van der Waals surface area contributed by atoms with Crippen LogP contribution in [0.15, 0.2) is 0 Å². The Bertz CT molecular complexity index is 160. The molecular formula is C10H22N2OS. The Morgan fingerprint density at radius 1 is 1.50 bits per heavy atom. The molecule has 1 heterocycles. The molecule has 1 unspecified atom stereocenters. The van der Waals surface area contributed by atoms with Gasteiger partial charge in [0.1, 0.15) is 0 Å². The molecule has 1 aliphatic rings. The second kappa shape index (κ2) is 5.95. The molecule has 84 valence electrons. The number of rotatable bonds is 5. The Morgan fingerprint density at radius 3 is 2.71 bits per heavy atom. The first-order chi connectivity index (χ1) is 6.66. The van der Waals surface area contributed by atoms with Crippen molar-refractivity contribution in [1.29, 1.82) is 0 Å². The number of hydrogen-bond donors (Lipinski definition) is 3. The van der Waals surface area contributed by atoms with Crippen LogP contribution in [0.5, 0.6) is 0 Å². The van der Waals surface area contributed by atoms with Gasteiger partial charge in [-0.1, -0.05) is 6.92 Å². The van der Waals surface area contributed by atoms with Gasteiger partial charge in [0, 0.05) is 17.5 Å². The number of aliphatic hydroxyl groups is 1. The summed E-state index contributed by atoms with van der Waals surface area (Å²) in [6.45, 7) is 3.98. The van der Waals surface area contributed by atoms with E-state index >= 15 is 0 Å². The van der Waals surface area contributed by atoms with Crippen LogP contribution in [0.3, 0.4) is 0 Å². The molecule has 0 aliphatic carbocycles. The molecule has 0 aromatic carbocycles. The Morgan fingerprint density at radius 2 is 2.14 bits per heavy atom. The van der Waals surface area contributed by atoms with Crippen molar-refractivity contribution in [2.24, 2.45) is 5.73 Å². The maximum absolute atomic E-state index is 10.2. The van der Waals surface area contributed by atoms with Crippen LogP contribution in [-0.4, -0.2) is 41.3 Å². The zero-order valence-corrected chi connectivity index (χ0v) is 9.78. The minimum Gasteiger partial charge on any atom is -0.389 e. The molecule has 1 aliphatic heterocycles. The first kappa shape index (κ1) is 12.3. The monoisotopic (exact) mass is 218 g/mol. The van der Waals surface area contributed by atoms with Crippen LogP contribution in [0, 0.1) is 0 Å². The SMILES string of the molecule is CCC(N)CSCC1(O)CCNCC1. The summed E-state index contributed by atoms with van der Waals surface area (Å²) in [4.78, 5) is 0. The maximum Gasteiger partial charge on any atom is 0.0761 e. The highest BCUT2D eigenvalue weighted by Crippen LogP contribution is 2.23. The Labute approximate surface area is 90.8 Å². The van der Waals surface area contributed by atoms with E-state index in [0.29, 0.717) is 0 Å². The highest BCUT2D eigenvalue weighted by Gasteiger charge is 2.28. The average molecular weight is 218 g/mol. The summed E-state index contributed by atoms with van der Waals surface area (Å²) in [7, 11) is 0. The van der Waals surface area contributed by atoms with Crippen LogP contribution < -0.4 is 11.1 Å². The number of piperidine rings is 1. The Hall–Kier alpha value is 0.230. The van der Waals surface area contributed by atoms with Gasteiger partial charge in [-0.3, -0.25) is 0 Å². The van der Waals surface area contributed by atoms with E-state index in [-0.39, 0.29) is 6.04 Å². The van der Waals surface area contributed by atoms with Crippen molar-refractivity contribution < 1.29 is 5.11 Å². The summed E-state index contributed by atoms with van der Waals surface area (Å²) in [5, 5.41) is 13.4. The lowest BCUT2D eigenvalue weighted by atomic mass is 9.95. The number of thioether (sulfide) groups is 1. The fourth-order valence-electron chi connectivity index (χ4n) is 1.55. The third-order valence-electron chi connectivity index (χ3n) is 2.76. The number of nitrogens with two attached hydrogens (primary N) is 1. The van der Waals surface area contributed by atoms with Crippen molar-refractivity contribution in [2.75, 3.05) is 24.6 Å². The first-order valence-electron chi connectivity index (χ1n) is 5.43.